The second kappa shape index (κ2) is 23.1. The molecule has 1 aliphatic rings. The minimum atomic E-state index is -1.02. The van der Waals surface area contributed by atoms with Gasteiger partial charge in [-0.2, -0.15) is 0 Å². The SMILES string of the molecule is CC(C)C[C@H](NC(=O)[C@H](CCc1ccccc1)NC(=O)CCCCCCCN(C)C)C(=O)N[C@@H](Cc1ccccc1)C(=O)N[C@@H](CC(C)C)C(=O)[C@@]1(C)CO1. The zero-order valence-electron chi connectivity index (χ0n) is 34.3. The molecule has 11 nitrogen and oxygen atoms in total. The lowest BCUT2D eigenvalue weighted by Crippen LogP contribution is -2.59. The molecule has 1 fully saturated rings. The molecular formula is C44H67N5O6. The fourth-order valence-electron chi connectivity index (χ4n) is 6.64. The summed E-state index contributed by atoms with van der Waals surface area (Å²) >= 11 is 0. The van der Waals surface area contributed by atoms with Gasteiger partial charge in [-0.05, 0) is 89.1 Å². The first-order valence-electron chi connectivity index (χ1n) is 20.3. The summed E-state index contributed by atoms with van der Waals surface area (Å²) in [6.07, 6.45) is 7.12. The van der Waals surface area contributed by atoms with Gasteiger partial charge in [0, 0.05) is 12.8 Å². The molecule has 0 bridgehead atoms. The van der Waals surface area contributed by atoms with Gasteiger partial charge in [0.2, 0.25) is 23.6 Å². The summed E-state index contributed by atoms with van der Waals surface area (Å²) in [7, 11) is 4.13. The van der Waals surface area contributed by atoms with E-state index in [2.05, 4.69) is 40.3 Å². The number of nitrogens with one attached hydrogen (secondary N) is 4. The topological polar surface area (TPSA) is 149 Å². The van der Waals surface area contributed by atoms with Crippen molar-refractivity contribution in [2.75, 3.05) is 27.2 Å². The van der Waals surface area contributed by atoms with Crippen LogP contribution in [0.3, 0.4) is 0 Å². The molecule has 0 spiro atoms. The van der Waals surface area contributed by atoms with Crippen molar-refractivity contribution >= 4 is 29.4 Å². The molecule has 2 aromatic carbocycles. The number of hydrogen-bond acceptors (Lipinski definition) is 7. The average molecular weight is 762 g/mol. The summed E-state index contributed by atoms with van der Waals surface area (Å²) in [4.78, 5) is 70.8. The third kappa shape index (κ3) is 17.1. The first kappa shape index (κ1) is 45.3. The minimum absolute atomic E-state index is 0.0277. The van der Waals surface area contributed by atoms with Gasteiger partial charge in [0.05, 0.1) is 12.6 Å². The molecule has 1 heterocycles. The van der Waals surface area contributed by atoms with Gasteiger partial charge in [-0.15, -0.1) is 0 Å². The molecule has 304 valence electrons. The van der Waals surface area contributed by atoms with Crippen molar-refractivity contribution < 1.29 is 28.7 Å². The van der Waals surface area contributed by atoms with E-state index in [9.17, 15) is 24.0 Å². The Kier molecular flexibility index (Phi) is 19.0. The van der Waals surface area contributed by atoms with Crippen LogP contribution in [0.15, 0.2) is 60.7 Å². The third-order valence-electron chi connectivity index (χ3n) is 9.92. The van der Waals surface area contributed by atoms with Crippen LogP contribution in [0.4, 0.5) is 0 Å². The van der Waals surface area contributed by atoms with Gasteiger partial charge in [0.15, 0.2) is 5.78 Å². The van der Waals surface area contributed by atoms with Crippen LogP contribution in [0.2, 0.25) is 0 Å². The van der Waals surface area contributed by atoms with E-state index < -0.39 is 47.5 Å². The standard InChI is InChI=1S/C44H67N5O6/c1-31(2)27-36(40(51)44(5)30-55-44)46-43(54)38(29-34-21-15-12-16-22-34)48-42(53)37(28-32(3)4)47-41(52)35(25-24-33-19-13-11-14-20-33)45-39(50)23-17-9-8-10-18-26-49(6)7/h11-16,19-22,31-32,35-38H,8-10,17-18,23-30H2,1-7H3,(H,45,50)(H,46,54)(H,47,52)(H,48,53)/t35-,36-,37-,38-,44+/m0/s1. The Morgan fingerprint density at radius 1 is 0.655 bits per heavy atom. The number of hydrogen-bond donors (Lipinski definition) is 4. The Morgan fingerprint density at radius 2 is 1.15 bits per heavy atom. The van der Waals surface area contributed by atoms with Crippen molar-refractivity contribution in [1.82, 2.24) is 26.2 Å². The lowest BCUT2D eigenvalue weighted by Gasteiger charge is -2.28. The second-order valence-corrected chi connectivity index (χ2v) is 16.5. The van der Waals surface area contributed by atoms with E-state index >= 15 is 0 Å². The summed E-state index contributed by atoms with van der Waals surface area (Å²) in [5.74, 6) is -1.67. The number of benzene rings is 2. The first-order chi connectivity index (χ1) is 26.2. The Bertz CT molecular complexity index is 1490. The van der Waals surface area contributed by atoms with Crippen LogP contribution < -0.4 is 21.3 Å². The van der Waals surface area contributed by atoms with E-state index in [0.717, 1.165) is 49.8 Å². The largest absolute Gasteiger partial charge is 0.361 e. The molecule has 11 heteroatoms. The number of aryl methyl sites for hydroxylation is 1. The number of epoxide rings is 1. The van der Waals surface area contributed by atoms with Crippen LogP contribution in [-0.2, 0) is 41.6 Å². The summed E-state index contributed by atoms with van der Waals surface area (Å²) in [5.41, 5.74) is 0.944. The number of nitrogens with zero attached hydrogens (tertiary/aromatic N) is 1. The lowest BCUT2D eigenvalue weighted by molar-refractivity contribution is -0.135. The van der Waals surface area contributed by atoms with Gasteiger partial charge < -0.3 is 30.9 Å². The van der Waals surface area contributed by atoms with Crippen LogP contribution in [-0.4, -0.2) is 91.3 Å². The van der Waals surface area contributed by atoms with Crippen LogP contribution in [0.5, 0.6) is 0 Å². The molecule has 4 amide bonds. The fraction of sp³-hybridized carbons (Fsp3) is 0.614. The molecule has 0 saturated carbocycles. The highest BCUT2D eigenvalue weighted by Gasteiger charge is 2.50. The Morgan fingerprint density at radius 3 is 1.73 bits per heavy atom. The molecule has 0 aliphatic carbocycles. The first-order valence-corrected chi connectivity index (χ1v) is 20.3. The lowest BCUT2D eigenvalue weighted by atomic mass is 9.93. The summed E-state index contributed by atoms with van der Waals surface area (Å²) in [6, 6.07) is 15.5. The van der Waals surface area contributed by atoms with Crippen molar-refractivity contribution in [3.63, 3.8) is 0 Å². The Labute approximate surface area is 329 Å². The molecule has 5 atom stereocenters. The van der Waals surface area contributed by atoms with E-state index in [-0.39, 0.29) is 29.9 Å². The van der Waals surface area contributed by atoms with Crippen molar-refractivity contribution in [2.24, 2.45) is 11.8 Å². The van der Waals surface area contributed by atoms with Crippen molar-refractivity contribution in [3.8, 4) is 0 Å². The van der Waals surface area contributed by atoms with Gasteiger partial charge in [-0.1, -0.05) is 108 Å². The number of carbonyl (C=O) groups is 5. The molecule has 3 rings (SSSR count). The summed E-state index contributed by atoms with van der Waals surface area (Å²) < 4.78 is 5.42. The normalized spacial score (nSPS) is 17.3. The average Bonchev–Trinajstić information content (AvgIpc) is 3.90. The van der Waals surface area contributed by atoms with Gasteiger partial charge in [-0.3, -0.25) is 24.0 Å². The quantitative estimate of drug-likeness (QED) is 0.0766. The second-order valence-electron chi connectivity index (χ2n) is 16.5. The predicted molar refractivity (Wildman–Crippen MR) is 217 cm³/mol. The van der Waals surface area contributed by atoms with Gasteiger partial charge in [0.25, 0.3) is 0 Å². The van der Waals surface area contributed by atoms with E-state index in [1.54, 1.807) is 6.92 Å². The fourth-order valence-corrected chi connectivity index (χ4v) is 6.64. The Balaban J connectivity index is 1.75. The number of unbranched alkanes of at least 4 members (excludes halogenated alkanes) is 4. The van der Waals surface area contributed by atoms with E-state index in [1.165, 1.54) is 0 Å². The summed E-state index contributed by atoms with van der Waals surface area (Å²) in [5, 5.41) is 11.8. The smallest absolute Gasteiger partial charge is 0.243 e. The maximum Gasteiger partial charge on any atom is 0.243 e. The molecule has 1 aliphatic heterocycles. The van der Waals surface area contributed by atoms with Gasteiger partial charge in [0.1, 0.15) is 23.7 Å². The third-order valence-corrected chi connectivity index (χ3v) is 9.92. The van der Waals surface area contributed by atoms with Crippen molar-refractivity contribution in [3.05, 3.63) is 71.8 Å². The van der Waals surface area contributed by atoms with Crippen LogP contribution >= 0.6 is 0 Å². The van der Waals surface area contributed by atoms with E-state index in [4.69, 9.17) is 4.74 Å². The molecule has 0 radical (unpaired) electrons. The van der Waals surface area contributed by atoms with E-state index in [1.807, 2.05) is 88.4 Å². The number of Topliss-reactive ketones (excluding diaryl/α,β-unsaturated/α-hetero) is 1. The zero-order chi connectivity index (χ0) is 40.4. The van der Waals surface area contributed by atoms with Gasteiger partial charge >= 0.3 is 0 Å². The molecule has 4 N–H and O–H groups in total. The highest BCUT2D eigenvalue weighted by Crippen LogP contribution is 2.29. The minimum Gasteiger partial charge on any atom is -0.361 e. The number of amides is 4. The maximum atomic E-state index is 14.1. The van der Waals surface area contributed by atoms with Crippen molar-refractivity contribution in [1.29, 1.82) is 0 Å². The monoisotopic (exact) mass is 762 g/mol. The van der Waals surface area contributed by atoms with E-state index in [0.29, 0.717) is 38.7 Å². The molecule has 0 unspecified atom stereocenters. The molecule has 1 saturated heterocycles. The van der Waals surface area contributed by atoms with Crippen molar-refractivity contribution in [2.45, 2.75) is 135 Å². The molecule has 0 aromatic heterocycles. The molecular weight excluding hydrogens is 695 g/mol. The number of carbonyl (C=O) groups excluding carboxylic acids is 5. The molecule has 55 heavy (non-hydrogen) atoms. The van der Waals surface area contributed by atoms with Crippen LogP contribution in [0.25, 0.3) is 0 Å². The predicted octanol–water partition coefficient (Wildman–Crippen LogP) is 5.15. The van der Waals surface area contributed by atoms with Gasteiger partial charge in [-0.25, -0.2) is 0 Å². The van der Waals surface area contributed by atoms with Crippen LogP contribution in [0.1, 0.15) is 104 Å². The summed E-state index contributed by atoms with van der Waals surface area (Å²) in [6.45, 7) is 11.0. The zero-order valence-corrected chi connectivity index (χ0v) is 34.3. The Hall–Kier alpha value is -4.09. The number of ketones is 1. The van der Waals surface area contributed by atoms with Crippen LogP contribution in [0, 0.1) is 11.8 Å². The highest BCUT2D eigenvalue weighted by molar-refractivity contribution is 5.98. The number of rotatable bonds is 26. The highest BCUT2D eigenvalue weighted by atomic mass is 16.6. The number of ether oxygens (including phenoxy) is 1. The maximum absolute atomic E-state index is 14.1. The molecule has 2 aromatic rings.